The molecule has 3 heterocycles. The van der Waals surface area contributed by atoms with E-state index in [2.05, 4.69) is 23.0 Å². The van der Waals surface area contributed by atoms with Crippen molar-refractivity contribution in [2.75, 3.05) is 18.6 Å². The number of aromatic nitrogens is 3. The van der Waals surface area contributed by atoms with Crippen LogP contribution < -0.4 is 9.64 Å². The third-order valence-electron chi connectivity index (χ3n) is 6.56. The van der Waals surface area contributed by atoms with Gasteiger partial charge in [0, 0.05) is 11.9 Å². The number of fused-ring (bicyclic) bond motifs is 3. The maximum atomic E-state index is 13.1. The van der Waals surface area contributed by atoms with Crippen LogP contribution >= 0.6 is 11.6 Å². The molecule has 1 amide bonds. The summed E-state index contributed by atoms with van der Waals surface area (Å²) in [6.07, 6.45) is 3.21. The summed E-state index contributed by atoms with van der Waals surface area (Å²) in [7, 11) is 1.64. The number of pyridine rings is 1. The number of anilines is 1. The van der Waals surface area contributed by atoms with Crippen LogP contribution in [0.4, 0.5) is 5.69 Å². The highest BCUT2D eigenvalue weighted by molar-refractivity contribution is 6.32. The SMILES string of the molecule is CCCCCN1C(=O)C(C)(C)c2cc3[nH]c(-c4cc5cc(OC)ccc5nc4Cl)nc3cc21. The van der Waals surface area contributed by atoms with Crippen molar-refractivity contribution < 1.29 is 9.53 Å². The Labute approximate surface area is 197 Å². The lowest BCUT2D eigenvalue weighted by Crippen LogP contribution is -2.36. The number of rotatable bonds is 6. The standard InChI is InChI=1S/C26H27ClN4O2/c1-5-6-7-10-31-22-14-21-20(13-18(22)26(2,3)25(31)32)29-24(30-21)17-12-15-11-16(33-4)8-9-19(15)28-23(17)27/h8-9,11-14H,5-7,10H2,1-4H3,(H,29,30). The molecule has 0 bridgehead atoms. The molecule has 7 heteroatoms. The Bertz CT molecular complexity index is 1390. The Morgan fingerprint density at radius 1 is 1.09 bits per heavy atom. The van der Waals surface area contributed by atoms with Crippen LogP contribution in [0.25, 0.3) is 33.3 Å². The number of halogens is 1. The summed E-state index contributed by atoms with van der Waals surface area (Å²) in [6.45, 7) is 6.89. The lowest BCUT2D eigenvalue weighted by molar-refractivity contribution is -0.122. The van der Waals surface area contributed by atoms with Crippen LogP contribution in [0, 0.1) is 0 Å². The molecule has 0 spiro atoms. The fraction of sp³-hybridized carbons (Fsp3) is 0.346. The summed E-state index contributed by atoms with van der Waals surface area (Å²) in [6, 6.07) is 11.7. The summed E-state index contributed by atoms with van der Waals surface area (Å²) in [4.78, 5) is 27.8. The summed E-state index contributed by atoms with van der Waals surface area (Å²) in [5, 5.41) is 1.31. The predicted octanol–water partition coefficient (Wildman–Crippen LogP) is 6.25. The fourth-order valence-corrected chi connectivity index (χ4v) is 4.86. The number of carbonyl (C=O) groups is 1. The second-order valence-electron chi connectivity index (χ2n) is 9.15. The van der Waals surface area contributed by atoms with Gasteiger partial charge in [-0.3, -0.25) is 4.79 Å². The van der Waals surface area contributed by atoms with Gasteiger partial charge in [-0.2, -0.15) is 0 Å². The molecule has 1 N–H and O–H groups in total. The van der Waals surface area contributed by atoms with Gasteiger partial charge < -0.3 is 14.6 Å². The molecule has 0 radical (unpaired) electrons. The van der Waals surface area contributed by atoms with E-state index in [1.807, 2.05) is 49.1 Å². The minimum absolute atomic E-state index is 0.150. The van der Waals surface area contributed by atoms with Crippen molar-refractivity contribution in [3.8, 4) is 17.1 Å². The highest BCUT2D eigenvalue weighted by Crippen LogP contribution is 2.44. The topological polar surface area (TPSA) is 71.1 Å². The summed E-state index contributed by atoms with van der Waals surface area (Å²) in [5.74, 6) is 1.56. The number of amides is 1. The van der Waals surface area contributed by atoms with Gasteiger partial charge >= 0.3 is 0 Å². The van der Waals surface area contributed by atoms with Crippen molar-refractivity contribution in [1.82, 2.24) is 15.0 Å². The van der Waals surface area contributed by atoms with Crippen molar-refractivity contribution in [2.45, 2.75) is 45.4 Å². The first-order chi connectivity index (χ1) is 15.8. The number of benzene rings is 2. The van der Waals surface area contributed by atoms with E-state index in [4.69, 9.17) is 21.3 Å². The number of aromatic amines is 1. The van der Waals surface area contributed by atoms with Crippen LogP contribution in [-0.2, 0) is 10.2 Å². The number of carbonyl (C=O) groups excluding carboxylic acids is 1. The van der Waals surface area contributed by atoms with E-state index in [1.54, 1.807) is 7.11 Å². The Morgan fingerprint density at radius 3 is 2.67 bits per heavy atom. The van der Waals surface area contributed by atoms with Crippen LogP contribution in [0.3, 0.4) is 0 Å². The molecular formula is C26H27ClN4O2. The number of H-pyrrole nitrogens is 1. The van der Waals surface area contributed by atoms with E-state index in [-0.39, 0.29) is 5.91 Å². The second kappa shape index (κ2) is 8.03. The molecule has 0 saturated heterocycles. The van der Waals surface area contributed by atoms with Gasteiger partial charge in [-0.1, -0.05) is 31.4 Å². The predicted molar refractivity (Wildman–Crippen MR) is 133 cm³/mol. The first-order valence-electron chi connectivity index (χ1n) is 11.3. The molecule has 6 nitrogen and oxygen atoms in total. The Balaban J connectivity index is 1.60. The number of hydrogen-bond acceptors (Lipinski definition) is 4. The Kier molecular flexibility index (Phi) is 5.28. The lowest BCUT2D eigenvalue weighted by Gasteiger charge is -2.20. The minimum atomic E-state index is -0.570. The molecule has 5 rings (SSSR count). The van der Waals surface area contributed by atoms with Crippen molar-refractivity contribution >= 4 is 45.1 Å². The van der Waals surface area contributed by atoms with Crippen molar-refractivity contribution in [2.24, 2.45) is 0 Å². The third kappa shape index (κ3) is 3.53. The lowest BCUT2D eigenvalue weighted by atomic mass is 9.86. The van der Waals surface area contributed by atoms with Gasteiger partial charge in [-0.05, 0) is 62.2 Å². The molecule has 0 unspecified atom stereocenters. The number of methoxy groups -OCH3 is 1. The molecule has 0 fully saturated rings. The highest BCUT2D eigenvalue weighted by atomic mass is 35.5. The number of hydrogen-bond donors (Lipinski definition) is 1. The number of imidazole rings is 1. The normalized spacial score (nSPS) is 14.9. The van der Waals surface area contributed by atoms with E-state index in [1.165, 1.54) is 0 Å². The number of ether oxygens (including phenoxy) is 1. The third-order valence-corrected chi connectivity index (χ3v) is 6.85. The quantitative estimate of drug-likeness (QED) is 0.271. The average Bonchev–Trinajstić information content (AvgIpc) is 3.29. The molecule has 2 aromatic carbocycles. The molecule has 2 aromatic heterocycles. The van der Waals surface area contributed by atoms with Gasteiger partial charge in [-0.15, -0.1) is 0 Å². The van der Waals surface area contributed by atoms with Crippen LogP contribution in [0.2, 0.25) is 5.15 Å². The number of nitrogens with zero attached hydrogens (tertiary/aromatic N) is 3. The molecule has 0 aliphatic carbocycles. The summed E-state index contributed by atoms with van der Waals surface area (Å²) < 4.78 is 5.35. The molecule has 0 saturated carbocycles. The van der Waals surface area contributed by atoms with E-state index >= 15 is 0 Å². The van der Waals surface area contributed by atoms with Crippen molar-refractivity contribution in [1.29, 1.82) is 0 Å². The molecule has 4 aromatic rings. The molecule has 33 heavy (non-hydrogen) atoms. The van der Waals surface area contributed by atoms with Gasteiger partial charge in [-0.25, -0.2) is 9.97 Å². The van der Waals surface area contributed by atoms with Crippen molar-refractivity contribution in [3.05, 3.63) is 47.1 Å². The zero-order chi connectivity index (χ0) is 23.3. The largest absolute Gasteiger partial charge is 0.497 e. The molecule has 0 atom stereocenters. The zero-order valence-electron chi connectivity index (χ0n) is 19.3. The summed E-state index contributed by atoms with van der Waals surface area (Å²) >= 11 is 6.54. The monoisotopic (exact) mass is 462 g/mol. The van der Waals surface area contributed by atoms with Gasteiger partial charge in [0.15, 0.2) is 0 Å². The number of unbranched alkanes of at least 4 members (excludes halogenated alkanes) is 2. The van der Waals surface area contributed by atoms with Gasteiger partial charge in [0.1, 0.15) is 16.7 Å². The van der Waals surface area contributed by atoms with Gasteiger partial charge in [0.05, 0.1) is 40.3 Å². The fourth-order valence-electron chi connectivity index (χ4n) is 4.63. The van der Waals surface area contributed by atoms with Crippen LogP contribution in [0.15, 0.2) is 36.4 Å². The molecular weight excluding hydrogens is 436 g/mol. The van der Waals surface area contributed by atoms with Crippen LogP contribution in [0.1, 0.15) is 45.6 Å². The van der Waals surface area contributed by atoms with E-state index in [0.29, 0.717) is 11.0 Å². The Morgan fingerprint density at radius 2 is 1.91 bits per heavy atom. The smallest absolute Gasteiger partial charge is 0.237 e. The van der Waals surface area contributed by atoms with Crippen molar-refractivity contribution in [3.63, 3.8) is 0 Å². The van der Waals surface area contributed by atoms with Gasteiger partial charge in [0.2, 0.25) is 5.91 Å². The Hall–Kier alpha value is -3.12. The minimum Gasteiger partial charge on any atom is -0.497 e. The molecule has 1 aliphatic rings. The van der Waals surface area contributed by atoms with Crippen LogP contribution in [0.5, 0.6) is 5.75 Å². The maximum absolute atomic E-state index is 13.1. The van der Waals surface area contributed by atoms with E-state index in [9.17, 15) is 4.79 Å². The summed E-state index contributed by atoms with van der Waals surface area (Å²) in [5.41, 5.74) is 4.61. The highest BCUT2D eigenvalue weighted by Gasteiger charge is 2.44. The second-order valence-corrected chi connectivity index (χ2v) is 9.50. The zero-order valence-corrected chi connectivity index (χ0v) is 20.1. The molecule has 1 aliphatic heterocycles. The van der Waals surface area contributed by atoms with E-state index in [0.717, 1.165) is 70.3 Å². The molecule has 170 valence electrons. The van der Waals surface area contributed by atoms with E-state index < -0.39 is 5.41 Å². The first kappa shape index (κ1) is 21.7. The maximum Gasteiger partial charge on any atom is 0.237 e. The van der Waals surface area contributed by atoms with Gasteiger partial charge in [0.25, 0.3) is 0 Å². The van der Waals surface area contributed by atoms with Crippen LogP contribution in [-0.4, -0.2) is 34.5 Å². The average molecular weight is 463 g/mol. The number of nitrogens with one attached hydrogen (secondary N) is 1. The first-order valence-corrected chi connectivity index (χ1v) is 11.7.